The average Bonchev–Trinajstić information content (AvgIpc) is 3.25. The van der Waals surface area contributed by atoms with Crippen molar-refractivity contribution < 1.29 is 9.21 Å². The number of aromatic nitrogens is 2. The zero-order chi connectivity index (χ0) is 17.8. The molecule has 0 N–H and O–H groups in total. The molecule has 26 heavy (non-hydrogen) atoms. The van der Waals surface area contributed by atoms with Crippen molar-refractivity contribution in [2.24, 2.45) is 0 Å². The van der Waals surface area contributed by atoms with E-state index in [-0.39, 0.29) is 11.9 Å². The van der Waals surface area contributed by atoms with Gasteiger partial charge in [0.2, 0.25) is 0 Å². The normalized spacial score (nSPS) is 17.0. The fourth-order valence-corrected chi connectivity index (χ4v) is 3.93. The third-order valence-corrected chi connectivity index (χ3v) is 5.38. The van der Waals surface area contributed by atoms with E-state index in [4.69, 9.17) is 16.0 Å². The fourth-order valence-electron chi connectivity index (χ4n) is 3.77. The van der Waals surface area contributed by atoms with Crippen molar-refractivity contribution in [1.29, 1.82) is 0 Å². The lowest BCUT2D eigenvalue weighted by atomic mass is 9.92. The van der Waals surface area contributed by atoms with Gasteiger partial charge in [0.05, 0.1) is 22.8 Å². The van der Waals surface area contributed by atoms with Crippen molar-refractivity contribution in [2.45, 2.75) is 19.4 Å². The number of halogens is 1. The zero-order valence-electron chi connectivity index (χ0n) is 14.1. The Labute approximate surface area is 154 Å². The molecule has 1 amide bonds. The SMILES string of the molecule is CC1c2cc3occc3cc2CCN1C(=O)c1cc2ccc(Cl)cn2n1. The third-order valence-electron chi connectivity index (χ3n) is 5.16. The molecule has 1 atom stereocenters. The van der Waals surface area contributed by atoms with Crippen LogP contribution in [0.2, 0.25) is 5.02 Å². The number of hydrogen-bond donors (Lipinski definition) is 0. The maximum Gasteiger partial charge on any atom is 0.274 e. The summed E-state index contributed by atoms with van der Waals surface area (Å²) in [5, 5.41) is 6.09. The van der Waals surface area contributed by atoms with E-state index in [1.54, 1.807) is 29.1 Å². The zero-order valence-corrected chi connectivity index (χ0v) is 14.9. The summed E-state index contributed by atoms with van der Waals surface area (Å²) in [7, 11) is 0. The monoisotopic (exact) mass is 365 g/mol. The van der Waals surface area contributed by atoms with Crippen molar-refractivity contribution in [3.63, 3.8) is 0 Å². The van der Waals surface area contributed by atoms with Gasteiger partial charge in [-0.05, 0) is 60.9 Å². The van der Waals surface area contributed by atoms with Gasteiger partial charge in [0.25, 0.3) is 5.91 Å². The number of carbonyl (C=O) groups is 1. The van der Waals surface area contributed by atoms with Crippen molar-refractivity contribution in [2.75, 3.05) is 6.54 Å². The van der Waals surface area contributed by atoms with Crippen LogP contribution in [0.25, 0.3) is 16.5 Å². The molecule has 130 valence electrons. The van der Waals surface area contributed by atoms with E-state index in [9.17, 15) is 4.79 Å². The van der Waals surface area contributed by atoms with Gasteiger partial charge >= 0.3 is 0 Å². The van der Waals surface area contributed by atoms with Gasteiger partial charge in [0.1, 0.15) is 5.58 Å². The highest BCUT2D eigenvalue weighted by molar-refractivity contribution is 6.30. The summed E-state index contributed by atoms with van der Waals surface area (Å²) in [5.41, 5.74) is 4.55. The van der Waals surface area contributed by atoms with E-state index in [1.807, 2.05) is 17.0 Å². The van der Waals surface area contributed by atoms with Crippen LogP contribution in [0.4, 0.5) is 0 Å². The molecule has 1 unspecified atom stereocenters. The molecule has 1 aromatic carbocycles. The minimum Gasteiger partial charge on any atom is -0.464 e. The van der Waals surface area contributed by atoms with Crippen LogP contribution in [0.15, 0.2) is 53.3 Å². The van der Waals surface area contributed by atoms with Crippen LogP contribution in [0.3, 0.4) is 0 Å². The molecule has 5 nitrogen and oxygen atoms in total. The molecule has 5 rings (SSSR count). The summed E-state index contributed by atoms with van der Waals surface area (Å²) < 4.78 is 7.18. The fraction of sp³-hybridized carbons (Fsp3) is 0.200. The molecule has 0 saturated heterocycles. The highest BCUT2D eigenvalue weighted by atomic mass is 35.5. The lowest BCUT2D eigenvalue weighted by Crippen LogP contribution is -2.39. The first kappa shape index (κ1) is 15.5. The van der Waals surface area contributed by atoms with Gasteiger partial charge in [-0.15, -0.1) is 0 Å². The average molecular weight is 366 g/mol. The van der Waals surface area contributed by atoms with E-state index in [0.717, 1.165) is 28.5 Å². The molecule has 3 aromatic heterocycles. The van der Waals surface area contributed by atoms with Gasteiger partial charge in [0.15, 0.2) is 5.69 Å². The Balaban J connectivity index is 1.52. The standard InChI is InChI=1S/C20H16ClN3O2/c1-12-17-10-19-14(5-7-26-19)8-13(17)4-6-23(12)20(25)18-9-16-3-2-15(21)11-24(16)22-18/h2-3,5,7-12H,4,6H2,1H3. The second-order valence-electron chi connectivity index (χ2n) is 6.68. The van der Waals surface area contributed by atoms with Gasteiger partial charge in [0, 0.05) is 18.1 Å². The number of nitrogens with zero attached hydrogens (tertiary/aromatic N) is 3. The summed E-state index contributed by atoms with van der Waals surface area (Å²) in [6.45, 7) is 2.72. The molecule has 0 radical (unpaired) electrons. The van der Waals surface area contributed by atoms with E-state index in [2.05, 4.69) is 24.2 Å². The van der Waals surface area contributed by atoms with Crippen molar-refractivity contribution in [3.05, 3.63) is 70.7 Å². The Morgan fingerprint density at radius 2 is 2.15 bits per heavy atom. The lowest BCUT2D eigenvalue weighted by Gasteiger charge is -2.34. The molecular weight excluding hydrogens is 350 g/mol. The van der Waals surface area contributed by atoms with E-state index in [1.165, 1.54) is 5.56 Å². The Hall–Kier alpha value is -2.79. The van der Waals surface area contributed by atoms with E-state index < -0.39 is 0 Å². The largest absolute Gasteiger partial charge is 0.464 e. The maximum atomic E-state index is 13.1. The predicted octanol–water partition coefficient (Wildman–Crippen LogP) is 4.49. The van der Waals surface area contributed by atoms with Crippen LogP contribution in [-0.2, 0) is 6.42 Å². The number of benzene rings is 1. The smallest absolute Gasteiger partial charge is 0.274 e. The first-order chi connectivity index (χ1) is 12.6. The number of rotatable bonds is 1. The molecule has 0 bridgehead atoms. The molecule has 1 aliphatic heterocycles. The number of pyridine rings is 1. The van der Waals surface area contributed by atoms with Crippen molar-refractivity contribution in [3.8, 4) is 0 Å². The van der Waals surface area contributed by atoms with Crippen molar-refractivity contribution >= 4 is 34.0 Å². The topological polar surface area (TPSA) is 50.8 Å². The van der Waals surface area contributed by atoms with Crippen LogP contribution in [0, 0.1) is 0 Å². The minimum atomic E-state index is -0.0671. The van der Waals surface area contributed by atoms with Crippen LogP contribution in [-0.4, -0.2) is 27.0 Å². The summed E-state index contributed by atoms with van der Waals surface area (Å²) in [4.78, 5) is 15.0. The molecule has 0 spiro atoms. The molecule has 1 aliphatic rings. The first-order valence-electron chi connectivity index (χ1n) is 8.56. The van der Waals surface area contributed by atoms with Gasteiger partial charge in [-0.1, -0.05) is 11.6 Å². The van der Waals surface area contributed by atoms with Crippen LogP contribution in [0.1, 0.15) is 34.6 Å². The third kappa shape index (κ3) is 2.31. The second kappa shape index (κ2) is 5.61. The molecule has 6 heteroatoms. The summed E-state index contributed by atoms with van der Waals surface area (Å²) in [6, 6.07) is 11.6. The van der Waals surface area contributed by atoms with Crippen molar-refractivity contribution in [1.82, 2.24) is 14.5 Å². The molecule has 0 fully saturated rings. The summed E-state index contributed by atoms with van der Waals surface area (Å²) in [6.07, 6.45) is 4.23. The van der Waals surface area contributed by atoms with E-state index in [0.29, 0.717) is 17.3 Å². The van der Waals surface area contributed by atoms with Crippen LogP contribution in [0.5, 0.6) is 0 Å². The van der Waals surface area contributed by atoms with Gasteiger partial charge in [-0.3, -0.25) is 4.79 Å². The minimum absolute atomic E-state index is 0.0332. The summed E-state index contributed by atoms with van der Waals surface area (Å²) in [5.74, 6) is -0.0671. The maximum absolute atomic E-state index is 13.1. The number of amides is 1. The first-order valence-corrected chi connectivity index (χ1v) is 8.94. The number of carbonyl (C=O) groups excluding carboxylic acids is 1. The van der Waals surface area contributed by atoms with Gasteiger partial charge < -0.3 is 9.32 Å². The Morgan fingerprint density at radius 1 is 1.27 bits per heavy atom. The second-order valence-corrected chi connectivity index (χ2v) is 7.12. The summed E-state index contributed by atoms with van der Waals surface area (Å²) >= 11 is 6.01. The molecule has 4 aromatic rings. The number of fused-ring (bicyclic) bond motifs is 3. The van der Waals surface area contributed by atoms with Gasteiger partial charge in [-0.2, -0.15) is 5.10 Å². The highest BCUT2D eigenvalue weighted by Crippen LogP contribution is 2.33. The van der Waals surface area contributed by atoms with Crippen LogP contribution >= 0.6 is 11.6 Å². The van der Waals surface area contributed by atoms with Gasteiger partial charge in [-0.25, -0.2) is 4.52 Å². The number of hydrogen-bond acceptors (Lipinski definition) is 3. The Morgan fingerprint density at radius 3 is 3.04 bits per heavy atom. The molecule has 4 heterocycles. The Bertz CT molecular complexity index is 1160. The van der Waals surface area contributed by atoms with E-state index >= 15 is 0 Å². The predicted molar refractivity (Wildman–Crippen MR) is 99.6 cm³/mol. The highest BCUT2D eigenvalue weighted by Gasteiger charge is 2.30. The molecule has 0 saturated carbocycles. The van der Waals surface area contributed by atoms with Crippen LogP contribution < -0.4 is 0 Å². The quantitative estimate of drug-likeness (QED) is 0.499. The molecular formula is C20H16ClN3O2. The number of furan rings is 1. The lowest BCUT2D eigenvalue weighted by molar-refractivity contribution is 0.0671. The molecule has 0 aliphatic carbocycles. The Kier molecular flexibility index (Phi) is 3.34.